The number of aliphatic carboxylic acids is 1. The SMILES string of the molecule is CCC(O)(Cc1c[nH]c2ccccc12)CC(N)C(=O)O. The molecule has 2 atom stereocenters. The largest absolute Gasteiger partial charge is 0.480 e. The molecule has 5 nitrogen and oxygen atoms in total. The van der Waals surface area contributed by atoms with Crippen molar-refractivity contribution >= 4 is 16.9 Å². The molecule has 20 heavy (non-hydrogen) atoms. The van der Waals surface area contributed by atoms with Crippen LogP contribution in [0.2, 0.25) is 0 Å². The summed E-state index contributed by atoms with van der Waals surface area (Å²) in [5.74, 6) is -1.09. The van der Waals surface area contributed by atoms with Crippen LogP contribution in [-0.4, -0.2) is 32.8 Å². The standard InChI is InChI=1S/C15H20N2O3/c1-2-15(20,8-12(16)14(18)19)7-10-9-17-13-6-4-3-5-11(10)13/h3-6,9,12,17,20H,2,7-8,16H2,1H3,(H,18,19). The molecule has 0 fully saturated rings. The summed E-state index contributed by atoms with van der Waals surface area (Å²) in [4.78, 5) is 14.0. The summed E-state index contributed by atoms with van der Waals surface area (Å²) in [6, 6.07) is 6.77. The van der Waals surface area contributed by atoms with Crippen molar-refractivity contribution in [2.75, 3.05) is 0 Å². The Labute approximate surface area is 117 Å². The lowest BCUT2D eigenvalue weighted by Crippen LogP contribution is -2.42. The van der Waals surface area contributed by atoms with Gasteiger partial charge in [-0.05, 0) is 18.1 Å². The number of fused-ring (bicyclic) bond motifs is 1. The van der Waals surface area contributed by atoms with Crippen LogP contribution in [0, 0.1) is 0 Å². The van der Waals surface area contributed by atoms with E-state index in [-0.39, 0.29) is 6.42 Å². The van der Waals surface area contributed by atoms with Crippen LogP contribution in [0.25, 0.3) is 10.9 Å². The van der Waals surface area contributed by atoms with Gasteiger partial charge in [0.25, 0.3) is 0 Å². The lowest BCUT2D eigenvalue weighted by atomic mass is 9.86. The van der Waals surface area contributed by atoms with E-state index in [1.165, 1.54) is 0 Å². The second-order valence-corrected chi connectivity index (χ2v) is 5.26. The lowest BCUT2D eigenvalue weighted by Gasteiger charge is -2.28. The van der Waals surface area contributed by atoms with Gasteiger partial charge in [0.15, 0.2) is 0 Å². The normalized spacial score (nSPS) is 15.9. The Morgan fingerprint density at radius 1 is 1.45 bits per heavy atom. The van der Waals surface area contributed by atoms with Crippen molar-refractivity contribution in [3.05, 3.63) is 36.0 Å². The van der Waals surface area contributed by atoms with E-state index in [0.29, 0.717) is 12.8 Å². The minimum Gasteiger partial charge on any atom is -0.480 e. The molecule has 1 aromatic heterocycles. The third-order valence-electron chi connectivity index (χ3n) is 3.77. The molecule has 5 N–H and O–H groups in total. The highest BCUT2D eigenvalue weighted by atomic mass is 16.4. The van der Waals surface area contributed by atoms with Gasteiger partial charge in [-0.2, -0.15) is 0 Å². The van der Waals surface area contributed by atoms with Crippen LogP contribution >= 0.6 is 0 Å². The third kappa shape index (κ3) is 3.00. The van der Waals surface area contributed by atoms with E-state index < -0.39 is 17.6 Å². The molecule has 0 aliphatic rings. The second-order valence-electron chi connectivity index (χ2n) is 5.26. The molecule has 2 unspecified atom stereocenters. The maximum Gasteiger partial charge on any atom is 0.320 e. The molecule has 0 bridgehead atoms. The maximum absolute atomic E-state index is 10.9. The van der Waals surface area contributed by atoms with Gasteiger partial charge in [-0.3, -0.25) is 4.79 Å². The van der Waals surface area contributed by atoms with Gasteiger partial charge >= 0.3 is 5.97 Å². The fourth-order valence-electron chi connectivity index (χ4n) is 2.47. The van der Waals surface area contributed by atoms with Crippen LogP contribution < -0.4 is 5.73 Å². The number of benzene rings is 1. The number of nitrogens with two attached hydrogens (primary N) is 1. The molecule has 1 aromatic carbocycles. The Morgan fingerprint density at radius 2 is 2.15 bits per heavy atom. The first-order valence-electron chi connectivity index (χ1n) is 6.71. The molecule has 0 saturated carbocycles. The number of rotatable bonds is 6. The Hall–Kier alpha value is -1.85. The summed E-state index contributed by atoms with van der Waals surface area (Å²) in [7, 11) is 0. The number of carboxylic acid groups (broad SMARTS) is 1. The molecule has 108 valence electrons. The number of carbonyl (C=O) groups is 1. The molecule has 0 amide bonds. The van der Waals surface area contributed by atoms with Gasteiger partial charge in [0, 0.05) is 29.9 Å². The zero-order chi connectivity index (χ0) is 14.8. The third-order valence-corrected chi connectivity index (χ3v) is 3.77. The maximum atomic E-state index is 10.9. The average molecular weight is 276 g/mol. The van der Waals surface area contributed by atoms with Crippen molar-refractivity contribution in [3.8, 4) is 0 Å². The predicted molar refractivity (Wildman–Crippen MR) is 77.5 cm³/mol. The van der Waals surface area contributed by atoms with Gasteiger partial charge in [-0.1, -0.05) is 25.1 Å². The summed E-state index contributed by atoms with van der Waals surface area (Å²) in [5.41, 5.74) is 6.42. The van der Waals surface area contributed by atoms with Crippen LogP contribution in [-0.2, 0) is 11.2 Å². The van der Waals surface area contributed by atoms with Gasteiger partial charge < -0.3 is 20.9 Å². The van der Waals surface area contributed by atoms with E-state index in [1.54, 1.807) is 0 Å². The number of H-pyrrole nitrogens is 1. The molecule has 2 rings (SSSR count). The predicted octanol–water partition coefficient (Wildman–Crippen LogP) is 1.65. The molecule has 0 radical (unpaired) electrons. The van der Waals surface area contributed by atoms with Crippen molar-refractivity contribution in [2.45, 2.75) is 37.8 Å². The number of nitrogens with one attached hydrogen (secondary N) is 1. The molecule has 0 aliphatic carbocycles. The Balaban J connectivity index is 2.23. The van der Waals surface area contributed by atoms with E-state index in [0.717, 1.165) is 16.5 Å². The van der Waals surface area contributed by atoms with Crippen LogP contribution in [0.1, 0.15) is 25.3 Å². The Kier molecular flexibility index (Phi) is 4.11. The van der Waals surface area contributed by atoms with Crippen LogP contribution in [0.3, 0.4) is 0 Å². The van der Waals surface area contributed by atoms with Gasteiger partial charge in [-0.25, -0.2) is 0 Å². The van der Waals surface area contributed by atoms with Crippen molar-refractivity contribution in [2.24, 2.45) is 5.73 Å². The molecule has 0 spiro atoms. The zero-order valence-corrected chi connectivity index (χ0v) is 11.5. The zero-order valence-electron chi connectivity index (χ0n) is 11.5. The van der Waals surface area contributed by atoms with Gasteiger partial charge in [0.2, 0.25) is 0 Å². The fourth-order valence-corrected chi connectivity index (χ4v) is 2.47. The summed E-state index contributed by atoms with van der Waals surface area (Å²) < 4.78 is 0. The highest BCUT2D eigenvalue weighted by Gasteiger charge is 2.31. The van der Waals surface area contributed by atoms with Crippen LogP contribution in [0.5, 0.6) is 0 Å². The Bertz CT molecular complexity index is 608. The smallest absolute Gasteiger partial charge is 0.320 e. The second kappa shape index (κ2) is 5.64. The molecule has 2 aromatic rings. The van der Waals surface area contributed by atoms with Gasteiger partial charge in [-0.15, -0.1) is 0 Å². The quantitative estimate of drug-likeness (QED) is 0.644. The molecule has 1 heterocycles. The lowest BCUT2D eigenvalue weighted by molar-refractivity contribution is -0.140. The number of carboxylic acids is 1. The van der Waals surface area contributed by atoms with Crippen molar-refractivity contribution in [1.82, 2.24) is 4.98 Å². The first kappa shape index (κ1) is 14.6. The molecule has 5 heteroatoms. The monoisotopic (exact) mass is 276 g/mol. The molecular formula is C15H20N2O3. The average Bonchev–Trinajstić information content (AvgIpc) is 2.82. The number of hydrogen-bond acceptors (Lipinski definition) is 3. The van der Waals surface area contributed by atoms with Crippen molar-refractivity contribution in [1.29, 1.82) is 0 Å². The number of aliphatic hydroxyl groups is 1. The summed E-state index contributed by atoms with van der Waals surface area (Å²) in [5, 5.41) is 20.6. The molecule has 0 saturated heterocycles. The topological polar surface area (TPSA) is 99.3 Å². The van der Waals surface area contributed by atoms with E-state index >= 15 is 0 Å². The summed E-state index contributed by atoms with van der Waals surface area (Å²) in [6.07, 6.45) is 2.73. The number of hydrogen-bond donors (Lipinski definition) is 4. The van der Waals surface area contributed by atoms with Gasteiger partial charge in [0.05, 0.1) is 5.60 Å². The number of aromatic nitrogens is 1. The van der Waals surface area contributed by atoms with E-state index in [1.807, 2.05) is 37.4 Å². The van der Waals surface area contributed by atoms with Crippen molar-refractivity contribution in [3.63, 3.8) is 0 Å². The van der Waals surface area contributed by atoms with E-state index in [9.17, 15) is 9.90 Å². The van der Waals surface area contributed by atoms with Crippen molar-refractivity contribution < 1.29 is 15.0 Å². The minimum atomic E-state index is -1.11. The first-order chi connectivity index (χ1) is 9.45. The summed E-state index contributed by atoms with van der Waals surface area (Å²) in [6.45, 7) is 1.84. The molecular weight excluding hydrogens is 256 g/mol. The number of aromatic amines is 1. The van der Waals surface area contributed by atoms with E-state index in [2.05, 4.69) is 4.98 Å². The van der Waals surface area contributed by atoms with Crippen LogP contribution in [0.4, 0.5) is 0 Å². The highest BCUT2D eigenvalue weighted by molar-refractivity contribution is 5.83. The van der Waals surface area contributed by atoms with Gasteiger partial charge in [0.1, 0.15) is 6.04 Å². The summed E-state index contributed by atoms with van der Waals surface area (Å²) >= 11 is 0. The minimum absolute atomic E-state index is 0.0400. The van der Waals surface area contributed by atoms with Crippen LogP contribution in [0.15, 0.2) is 30.5 Å². The highest BCUT2D eigenvalue weighted by Crippen LogP contribution is 2.27. The molecule has 0 aliphatic heterocycles. The fraction of sp³-hybridized carbons (Fsp3) is 0.400. The van der Waals surface area contributed by atoms with E-state index in [4.69, 9.17) is 10.8 Å². The Morgan fingerprint density at radius 3 is 2.80 bits per heavy atom. The number of para-hydroxylation sites is 1. The first-order valence-corrected chi connectivity index (χ1v) is 6.71.